The average molecular weight is 294 g/mol. The number of aliphatic hydroxyl groups is 1. The van der Waals surface area contributed by atoms with Crippen molar-refractivity contribution in [3.8, 4) is 0 Å². The molecule has 0 aliphatic rings. The fourth-order valence-electron chi connectivity index (χ4n) is 1.13. The fraction of sp³-hybridized carbons (Fsp3) is 0.444. The Labute approximate surface area is 97.4 Å². The van der Waals surface area contributed by atoms with E-state index in [1.165, 1.54) is 20.0 Å². The van der Waals surface area contributed by atoms with Gasteiger partial charge in [-0.3, -0.25) is 0 Å². The van der Waals surface area contributed by atoms with E-state index in [-0.39, 0.29) is 10.8 Å². The van der Waals surface area contributed by atoms with E-state index in [0.717, 1.165) is 0 Å². The lowest BCUT2D eigenvalue weighted by Crippen LogP contribution is -2.30. The molecule has 1 N–H and O–H groups in total. The topological polar surface area (TPSA) is 67.3 Å². The molecule has 0 radical (unpaired) electrons. The van der Waals surface area contributed by atoms with Gasteiger partial charge in [-0.1, -0.05) is 0 Å². The van der Waals surface area contributed by atoms with Crippen molar-refractivity contribution in [2.24, 2.45) is 0 Å². The van der Waals surface area contributed by atoms with Gasteiger partial charge < -0.3 is 5.11 Å². The SMILES string of the molecule is CC(C)(O)CS(=O)(=O)c1ncccc1Br. The average Bonchev–Trinajstić information content (AvgIpc) is 1.99. The van der Waals surface area contributed by atoms with Gasteiger partial charge in [0.05, 0.1) is 15.8 Å². The molecule has 0 atom stereocenters. The molecule has 15 heavy (non-hydrogen) atoms. The molecule has 0 aliphatic carbocycles. The van der Waals surface area contributed by atoms with Crippen molar-refractivity contribution in [1.82, 2.24) is 4.98 Å². The molecule has 1 aromatic rings. The zero-order valence-electron chi connectivity index (χ0n) is 8.44. The number of halogens is 1. The summed E-state index contributed by atoms with van der Waals surface area (Å²) in [5.41, 5.74) is -1.27. The second-order valence-corrected chi connectivity index (χ2v) is 6.62. The summed E-state index contributed by atoms with van der Waals surface area (Å²) in [7, 11) is -3.56. The molecule has 0 bridgehead atoms. The molecule has 0 amide bonds. The van der Waals surface area contributed by atoms with E-state index in [4.69, 9.17) is 0 Å². The van der Waals surface area contributed by atoms with Gasteiger partial charge in [0.2, 0.25) is 0 Å². The summed E-state index contributed by atoms with van der Waals surface area (Å²) in [5, 5.41) is 9.45. The van der Waals surface area contributed by atoms with E-state index in [2.05, 4.69) is 20.9 Å². The van der Waals surface area contributed by atoms with Crippen LogP contribution in [0.4, 0.5) is 0 Å². The highest BCUT2D eigenvalue weighted by molar-refractivity contribution is 9.10. The van der Waals surface area contributed by atoms with Crippen LogP contribution in [-0.4, -0.2) is 29.9 Å². The molecule has 0 saturated carbocycles. The fourth-order valence-corrected chi connectivity index (χ4v) is 3.78. The Morgan fingerprint density at radius 3 is 2.60 bits per heavy atom. The Morgan fingerprint density at radius 2 is 2.13 bits per heavy atom. The lowest BCUT2D eigenvalue weighted by atomic mass is 10.2. The molecule has 1 heterocycles. The number of nitrogens with zero attached hydrogens (tertiary/aromatic N) is 1. The molecular formula is C9H12BrNO3S. The number of hydrogen-bond acceptors (Lipinski definition) is 4. The maximum Gasteiger partial charge on any atom is 0.199 e. The van der Waals surface area contributed by atoms with Gasteiger partial charge in [0, 0.05) is 6.20 Å². The van der Waals surface area contributed by atoms with Gasteiger partial charge in [-0.2, -0.15) is 0 Å². The van der Waals surface area contributed by atoms with E-state index in [0.29, 0.717) is 4.47 Å². The van der Waals surface area contributed by atoms with E-state index < -0.39 is 15.4 Å². The van der Waals surface area contributed by atoms with Crippen LogP contribution in [-0.2, 0) is 9.84 Å². The van der Waals surface area contributed by atoms with Crippen molar-refractivity contribution in [3.05, 3.63) is 22.8 Å². The smallest absolute Gasteiger partial charge is 0.199 e. The molecule has 6 heteroatoms. The summed E-state index contributed by atoms with van der Waals surface area (Å²) in [5.74, 6) is -0.352. The van der Waals surface area contributed by atoms with Crippen LogP contribution in [0.25, 0.3) is 0 Å². The Hall–Kier alpha value is -0.460. The molecule has 0 spiro atoms. The molecule has 84 valence electrons. The first-order valence-corrected chi connectivity index (χ1v) is 6.72. The van der Waals surface area contributed by atoms with Crippen LogP contribution in [0.3, 0.4) is 0 Å². The number of pyridine rings is 1. The van der Waals surface area contributed by atoms with Crippen molar-refractivity contribution in [3.63, 3.8) is 0 Å². The van der Waals surface area contributed by atoms with Crippen LogP contribution in [0.15, 0.2) is 27.8 Å². The second kappa shape index (κ2) is 4.19. The quantitative estimate of drug-likeness (QED) is 0.914. The highest BCUT2D eigenvalue weighted by Crippen LogP contribution is 2.22. The minimum absolute atomic E-state index is 0.0351. The summed E-state index contributed by atoms with van der Waals surface area (Å²) in [6, 6.07) is 3.23. The number of sulfone groups is 1. The molecule has 0 saturated heterocycles. The van der Waals surface area contributed by atoms with Gasteiger partial charge in [-0.25, -0.2) is 13.4 Å². The van der Waals surface area contributed by atoms with Crippen LogP contribution in [0, 0.1) is 0 Å². The van der Waals surface area contributed by atoms with Gasteiger partial charge in [0.15, 0.2) is 14.9 Å². The lowest BCUT2D eigenvalue weighted by molar-refractivity contribution is 0.105. The number of hydrogen-bond donors (Lipinski definition) is 1. The predicted octanol–water partition coefficient (Wildman–Crippen LogP) is 1.39. The molecule has 1 aromatic heterocycles. The van der Waals surface area contributed by atoms with Crippen molar-refractivity contribution in [1.29, 1.82) is 0 Å². The third kappa shape index (κ3) is 3.55. The highest BCUT2D eigenvalue weighted by atomic mass is 79.9. The zero-order chi connectivity index (χ0) is 11.7. The van der Waals surface area contributed by atoms with Crippen molar-refractivity contribution < 1.29 is 13.5 Å². The van der Waals surface area contributed by atoms with Gasteiger partial charge in [0.1, 0.15) is 0 Å². The highest BCUT2D eigenvalue weighted by Gasteiger charge is 2.27. The molecule has 0 aliphatic heterocycles. The van der Waals surface area contributed by atoms with Crippen LogP contribution < -0.4 is 0 Å². The molecule has 1 rings (SSSR count). The first-order valence-electron chi connectivity index (χ1n) is 4.28. The van der Waals surface area contributed by atoms with Crippen LogP contribution in [0.5, 0.6) is 0 Å². The Morgan fingerprint density at radius 1 is 1.53 bits per heavy atom. The molecule has 4 nitrogen and oxygen atoms in total. The summed E-state index contributed by atoms with van der Waals surface area (Å²) in [6.45, 7) is 2.89. The van der Waals surface area contributed by atoms with E-state index in [1.54, 1.807) is 12.1 Å². The van der Waals surface area contributed by atoms with Crippen LogP contribution in [0.1, 0.15) is 13.8 Å². The van der Waals surface area contributed by atoms with E-state index in [1.807, 2.05) is 0 Å². The minimum atomic E-state index is -3.56. The Kier molecular flexibility index (Phi) is 3.52. The number of rotatable bonds is 3. The lowest BCUT2D eigenvalue weighted by Gasteiger charge is -2.16. The van der Waals surface area contributed by atoms with Crippen molar-refractivity contribution in [2.45, 2.75) is 24.5 Å². The van der Waals surface area contributed by atoms with E-state index in [9.17, 15) is 13.5 Å². The summed E-state index contributed by atoms with van der Waals surface area (Å²) in [4.78, 5) is 3.79. The molecule has 0 fully saturated rings. The van der Waals surface area contributed by atoms with Crippen LogP contribution >= 0.6 is 15.9 Å². The Bertz CT molecular complexity index is 451. The largest absolute Gasteiger partial charge is 0.389 e. The molecular weight excluding hydrogens is 282 g/mol. The summed E-state index contributed by atoms with van der Waals surface area (Å²) < 4.78 is 24.0. The van der Waals surface area contributed by atoms with Crippen molar-refractivity contribution >= 4 is 25.8 Å². The van der Waals surface area contributed by atoms with Gasteiger partial charge >= 0.3 is 0 Å². The van der Waals surface area contributed by atoms with E-state index >= 15 is 0 Å². The third-order valence-corrected chi connectivity index (χ3v) is 4.47. The van der Waals surface area contributed by atoms with Gasteiger partial charge in [-0.05, 0) is 41.9 Å². The molecule has 0 aromatic carbocycles. The van der Waals surface area contributed by atoms with Gasteiger partial charge in [0.25, 0.3) is 0 Å². The third-order valence-electron chi connectivity index (χ3n) is 1.56. The first-order chi connectivity index (χ1) is 6.72. The summed E-state index contributed by atoms with van der Waals surface area (Å²) in [6.07, 6.45) is 1.40. The summed E-state index contributed by atoms with van der Waals surface area (Å²) >= 11 is 3.12. The standard InChI is InChI=1S/C9H12BrNO3S/c1-9(2,12)6-15(13,14)8-7(10)4-3-5-11-8/h3-5,12H,6H2,1-2H3. The van der Waals surface area contributed by atoms with Gasteiger partial charge in [-0.15, -0.1) is 0 Å². The number of aromatic nitrogens is 1. The molecule has 0 unspecified atom stereocenters. The monoisotopic (exact) mass is 293 g/mol. The maximum atomic E-state index is 11.8. The second-order valence-electron chi connectivity index (χ2n) is 3.86. The Balaban J connectivity index is 3.13. The van der Waals surface area contributed by atoms with Crippen molar-refractivity contribution in [2.75, 3.05) is 5.75 Å². The normalized spacial score (nSPS) is 12.8. The van der Waals surface area contributed by atoms with Crippen LogP contribution in [0.2, 0.25) is 0 Å². The minimum Gasteiger partial charge on any atom is -0.389 e. The maximum absolute atomic E-state index is 11.8. The zero-order valence-corrected chi connectivity index (χ0v) is 10.8. The predicted molar refractivity (Wildman–Crippen MR) is 60.3 cm³/mol. The first kappa shape index (κ1) is 12.6.